The number of piperazine rings is 1. The molecule has 1 atom stereocenters. The van der Waals surface area contributed by atoms with E-state index in [4.69, 9.17) is 0 Å². The van der Waals surface area contributed by atoms with Crippen LogP contribution in [0.2, 0.25) is 0 Å². The Kier molecular flexibility index (Phi) is 6.63. The number of nitrogens with zero attached hydrogens (tertiary/aromatic N) is 3. The van der Waals surface area contributed by atoms with Crippen LogP contribution in [0.1, 0.15) is 5.56 Å². The maximum Gasteiger partial charge on any atom is 0.416 e. The van der Waals surface area contributed by atoms with Gasteiger partial charge in [0, 0.05) is 37.5 Å². The van der Waals surface area contributed by atoms with Gasteiger partial charge in [0.25, 0.3) is 10.0 Å². The standard InChI is InChI=1S/C24H20F6N4O3S/c25-17-6-14(7-19(10-17)37-23(26)27)15-8-21-22(32-11-15)33-5-4-31-12-18(33)13-34(21)38(35,36)20-3-1-2-16(9-20)24(28,29)30/h1-3,6-11,18,23,31H,4-5,12-13H2/t18-/m0/s1. The molecule has 3 heterocycles. The van der Waals surface area contributed by atoms with Crippen molar-refractivity contribution in [3.8, 4) is 16.9 Å². The molecule has 0 radical (unpaired) electrons. The van der Waals surface area contributed by atoms with E-state index >= 15 is 0 Å². The molecule has 7 nitrogen and oxygen atoms in total. The zero-order valence-corrected chi connectivity index (χ0v) is 20.2. The van der Waals surface area contributed by atoms with Crippen LogP contribution < -0.4 is 19.3 Å². The maximum absolute atomic E-state index is 14.2. The first kappa shape index (κ1) is 26.1. The highest BCUT2D eigenvalue weighted by atomic mass is 32.2. The third-order valence-corrected chi connectivity index (χ3v) is 8.07. The first-order valence-corrected chi connectivity index (χ1v) is 12.8. The van der Waals surface area contributed by atoms with E-state index in [1.807, 2.05) is 4.90 Å². The van der Waals surface area contributed by atoms with Gasteiger partial charge in [0.2, 0.25) is 0 Å². The number of aromatic nitrogens is 1. The lowest BCUT2D eigenvalue weighted by atomic mass is 10.0. The van der Waals surface area contributed by atoms with Crippen LogP contribution in [-0.4, -0.2) is 52.2 Å². The highest BCUT2D eigenvalue weighted by Crippen LogP contribution is 2.41. The van der Waals surface area contributed by atoms with Gasteiger partial charge < -0.3 is 15.0 Å². The van der Waals surface area contributed by atoms with Gasteiger partial charge in [0.15, 0.2) is 5.82 Å². The molecule has 2 aliphatic rings. The molecule has 1 aromatic heterocycles. The number of sulfonamides is 1. The number of nitrogens with one attached hydrogen (secondary N) is 1. The fraction of sp³-hybridized carbons (Fsp3) is 0.292. The van der Waals surface area contributed by atoms with Crippen LogP contribution in [0.25, 0.3) is 11.1 Å². The normalized spacial score (nSPS) is 17.8. The molecule has 0 amide bonds. The number of rotatable bonds is 5. The molecule has 202 valence electrons. The Balaban J connectivity index is 1.63. The predicted molar refractivity (Wildman–Crippen MR) is 126 cm³/mol. The summed E-state index contributed by atoms with van der Waals surface area (Å²) < 4.78 is 112. The molecule has 0 saturated carbocycles. The van der Waals surface area contributed by atoms with E-state index < -0.39 is 44.8 Å². The van der Waals surface area contributed by atoms with Crippen molar-refractivity contribution in [2.45, 2.75) is 23.7 Å². The van der Waals surface area contributed by atoms with Crippen molar-refractivity contribution < 1.29 is 39.5 Å². The SMILES string of the molecule is O=S(=O)(c1cccc(C(F)(F)F)c1)N1C[C@@H]2CNCCN2c2ncc(-c3cc(F)cc(OC(F)F)c3)cc21. The summed E-state index contributed by atoms with van der Waals surface area (Å²) in [5, 5.41) is 3.16. The van der Waals surface area contributed by atoms with Crippen molar-refractivity contribution >= 4 is 21.5 Å². The van der Waals surface area contributed by atoms with Crippen molar-refractivity contribution in [2.75, 3.05) is 35.4 Å². The van der Waals surface area contributed by atoms with Crippen LogP contribution in [0, 0.1) is 5.82 Å². The van der Waals surface area contributed by atoms with E-state index in [1.54, 1.807) is 0 Å². The van der Waals surface area contributed by atoms with Crippen LogP contribution in [0.5, 0.6) is 5.75 Å². The van der Waals surface area contributed by atoms with Crippen molar-refractivity contribution in [3.05, 3.63) is 66.1 Å². The quantitative estimate of drug-likeness (QED) is 0.466. The van der Waals surface area contributed by atoms with Gasteiger partial charge in [0.05, 0.1) is 28.7 Å². The van der Waals surface area contributed by atoms with E-state index in [1.165, 1.54) is 12.3 Å². The van der Waals surface area contributed by atoms with E-state index in [0.717, 1.165) is 40.7 Å². The van der Waals surface area contributed by atoms with Gasteiger partial charge in [-0.1, -0.05) is 6.07 Å². The van der Waals surface area contributed by atoms with Gasteiger partial charge in [-0.2, -0.15) is 22.0 Å². The lowest BCUT2D eigenvalue weighted by Gasteiger charge is -2.45. The number of fused-ring (bicyclic) bond motifs is 3. The molecular weight excluding hydrogens is 538 g/mol. The van der Waals surface area contributed by atoms with Gasteiger partial charge in [-0.05, 0) is 42.0 Å². The Morgan fingerprint density at radius 2 is 1.87 bits per heavy atom. The van der Waals surface area contributed by atoms with Gasteiger partial charge in [-0.15, -0.1) is 0 Å². The zero-order valence-electron chi connectivity index (χ0n) is 19.4. The number of ether oxygens (including phenoxy) is 1. The van der Waals surface area contributed by atoms with Crippen molar-refractivity contribution in [1.82, 2.24) is 10.3 Å². The average molecular weight is 559 g/mol. The molecule has 5 rings (SSSR count). The molecule has 38 heavy (non-hydrogen) atoms. The molecule has 0 aliphatic carbocycles. The van der Waals surface area contributed by atoms with E-state index in [-0.39, 0.29) is 35.2 Å². The molecule has 3 aromatic rings. The van der Waals surface area contributed by atoms with Gasteiger partial charge in [-0.25, -0.2) is 17.8 Å². The lowest BCUT2D eigenvalue weighted by molar-refractivity contribution is -0.137. The summed E-state index contributed by atoms with van der Waals surface area (Å²) in [6.45, 7) is -1.78. The predicted octanol–water partition coefficient (Wildman–Crippen LogP) is 4.50. The molecule has 0 bridgehead atoms. The number of benzene rings is 2. The van der Waals surface area contributed by atoms with Crippen LogP contribution >= 0.6 is 0 Å². The van der Waals surface area contributed by atoms with E-state index in [9.17, 15) is 34.8 Å². The third-order valence-electron chi connectivity index (χ3n) is 6.29. The molecule has 0 spiro atoms. The fourth-order valence-electron chi connectivity index (χ4n) is 4.59. The van der Waals surface area contributed by atoms with Crippen molar-refractivity contribution in [1.29, 1.82) is 0 Å². The molecule has 0 unspecified atom stereocenters. The number of pyridine rings is 1. The third kappa shape index (κ3) is 4.97. The highest BCUT2D eigenvalue weighted by molar-refractivity contribution is 7.92. The second-order valence-corrected chi connectivity index (χ2v) is 10.6. The van der Waals surface area contributed by atoms with Gasteiger partial charge in [0.1, 0.15) is 11.6 Å². The Labute approximate surface area is 213 Å². The van der Waals surface area contributed by atoms with Crippen LogP contribution in [0.4, 0.5) is 37.8 Å². The summed E-state index contributed by atoms with van der Waals surface area (Å²) in [7, 11) is -4.50. The Bertz CT molecular complexity index is 1470. The Morgan fingerprint density at radius 3 is 2.61 bits per heavy atom. The smallest absolute Gasteiger partial charge is 0.416 e. The molecule has 2 aromatic carbocycles. The average Bonchev–Trinajstić information content (AvgIpc) is 2.86. The lowest BCUT2D eigenvalue weighted by Crippen LogP contribution is -2.60. The second-order valence-electron chi connectivity index (χ2n) is 8.73. The summed E-state index contributed by atoms with van der Waals surface area (Å²) in [5.41, 5.74) is -0.761. The van der Waals surface area contributed by atoms with Crippen LogP contribution in [0.3, 0.4) is 0 Å². The maximum atomic E-state index is 14.2. The fourth-order valence-corrected chi connectivity index (χ4v) is 6.13. The second kappa shape index (κ2) is 9.66. The number of hydrogen-bond donors (Lipinski definition) is 1. The minimum Gasteiger partial charge on any atom is -0.435 e. The van der Waals surface area contributed by atoms with Gasteiger partial charge >= 0.3 is 12.8 Å². The minimum atomic E-state index is -4.75. The van der Waals surface area contributed by atoms with Gasteiger partial charge in [-0.3, -0.25) is 4.31 Å². The molecule has 1 saturated heterocycles. The monoisotopic (exact) mass is 558 g/mol. The van der Waals surface area contributed by atoms with Crippen molar-refractivity contribution in [3.63, 3.8) is 0 Å². The molecule has 1 N–H and O–H groups in total. The van der Waals surface area contributed by atoms with E-state index in [2.05, 4.69) is 15.0 Å². The number of alkyl halides is 5. The Hall–Kier alpha value is -3.52. The molecule has 14 heteroatoms. The summed E-state index contributed by atoms with van der Waals surface area (Å²) >= 11 is 0. The van der Waals surface area contributed by atoms with Crippen LogP contribution in [0.15, 0.2) is 59.6 Å². The summed E-state index contributed by atoms with van der Waals surface area (Å²) in [6.07, 6.45) is -3.40. The summed E-state index contributed by atoms with van der Waals surface area (Å²) in [5.74, 6) is -1.03. The first-order valence-electron chi connectivity index (χ1n) is 11.4. The zero-order chi connectivity index (χ0) is 27.2. The molecule has 1 fully saturated rings. The minimum absolute atomic E-state index is 0.0682. The molecule has 2 aliphatic heterocycles. The molecular formula is C24H20F6N4O3S. The summed E-state index contributed by atoms with van der Waals surface area (Å²) in [4.78, 5) is 5.75. The van der Waals surface area contributed by atoms with E-state index in [0.29, 0.717) is 25.7 Å². The Morgan fingerprint density at radius 1 is 1.08 bits per heavy atom. The largest absolute Gasteiger partial charge is 0.435 e. The van der Waals surface area contributed by atoms with Crippen molar-refractivity contribution in [2.24, 2.45) is 0 Å². The first-order chi connectivity index (χ1) is 17.9. The number of anilines is 2. The topological polar surface area (TPSA) is 74.8 Å². The summed E-state index contributed by atoms with van der Waals surface area (Å²) in [6, 6.07) is 7.45. The number of hydrogen-bond acceptors (Lipinski definition) is 6. The highest BCUT2D eigenvalue weighted by Gasteiger charge is 2.40. The number of halogens is 6. The van der Waals surface area contributed by atoms with Crippen LogP contribution in [-0.2, 0) is 16.2 Å².